The summed E-state index contributed by atoms with van der Waals surface area (Å²) in [6.45, 7) is 6.13. The fraction of sp³-hybridized carbons (Fsp3) is 1.00. The fourth-order valence-electron chi connectivity index (χ4n) is 3.25. The van der Waals surface area contributed by atoms with Crippen LogP contribution in [0.3, 0.4) is 0 Å². The van der Waals surface area contributed by atoms with Crippen molar-refractivity contribution in [2.24, 2.45) is 0 Å². The molecular weight excluding hydrogens is 184 g/mol. The van der Waals surface area contributed by atoms with Gasteiger partial charge in [-0.3, -0.25) is 4.90 Å². The minimum Gasteiger partial charge on any atom is -0.312 e. The van der Waals surface area contributed by atoms with E-state index in [1.807, 2.05) is 0 Å². The summed E-state index contributed by atoms with van der Waals surface area (Å²) < 4.78 is 0. The van der Waals surface area contributed by atoms with Crippen LogP contribution in [0.1, 0.15) is 51.9 Å². The van der Waals surface area contributed by atoms with Crippen LogP contribution in [0.4, 0.5) is 0 Å². The summed E-state index contributed by atoms with van der Waals surface area (Å²) in [5.74, 6) is 0. The van der Waals surface area contributed by atoms with Gasteiger partial charge in [0.1, 0.15) is 0 Å². The zero-order valence-corrected chi connectivity index (χ0v) is 10.2. The van der Waals surface area contributed by atoms with Crippen molar-refractivity contribution in [3.63, 3.8) is 0 Å². The Morgan fingerprint density at radius 2 is 1.93 bits per heavy atom. The van der Waals surface area contributed by atoms with Crippen LogP contribution in [0.25, 0.3) is 0 Å². The standard InChI is InChI=1S/C13H26N2/c1-2-15-11-7-5-9-13(15)12-8-4-3-6-10-14-12/h12-14H,2-11H2,1H3/t12-,13+/m0/s1. The van der Waals surface area contributed by atoms with E-state index in [0.29, 0.717) is 0 Å². The van der Waals surface area contributed by atoms with E-state index in [9.17, 15) is 0 Å². The Bertz CT molecular complexity index is 173. The summed E-state index contributed by atoms with van der Waals surface area (Å²) in [6.07, 6.45) is 9.94. The molecule has 2 nitrogen and oxygen atoms in total. The first kappa shape index (κ1) is 11.4. The lowest BCUT2D eigenvalue weighted by molar-refractivity contribution is 0.119. The summed E-state index contributed by atoms with van der Waals surface area (Å²) in [4.78, 5) is 2.70. The lowest BCUT2D eigenvalue weighted by Gasteiger charge is -2.40. The molecule has 2 fully saturated rings. The van der Waals surface area contributed by atoms with Crippen LogP contribution < -0.4 is 5.32 Å². The lowest BCUT2D eigenvalue weighted by Crippen LogP contribution is -2.51. The maximum absolute atomic E-state index is 3.77. The van der Waals surface area contributed by atoms with Crippen molar-refractivity contribution in [3.05, 3.63) is 0 Å². The van der Waals surface area contributed by atoms with Crippen LogP contribution in [-0.4, -0.2) is 36.6 Å². The van der Waals surface area contributed by atoms with Crippen molar-refractivity contribution in [3.8, 4) is 0 Å². The SMILES string of the molecule is CCN1CCCC[C@@H]1[C@@H]1CCCCCN1. The molecule has 2 heteroatoms. The van der Waals surface area contributed by atoms with Gasteiger partial charge in [0.2, 0.25) is 0 Å². The van der Waals surface area contributed by atoms with Gasteiger partial charge in [-0.25, -0.2) is 0 Å². The monoisotopic (exact) mass is 210 g/mol. The van der Waals surface area contributed by atoms with E-state index in [1.165, 1.54) is 64.6 Å². The predicted molar refractivity (Wildman–Crippen MR) is 65.1 cm³/mol. The maximum Gasteiger partial charge on any atom is 0.0249 e. The molecule has 0 saturated carbocycles. The number of hydrogen-bond acceptors (Lipinski definition) is 2. The summed E-state index contributed by atoms with van der Waals surface area (Å²) in [7, 11) is 0. The predicted octanol–water partition coefficient (Wildman–Crippen LogP) is 2.39. The molecule has 0 radical (unpaired) electrons. The summed E-state index contributed by atoms with van der Waals surface area (Å²) in [6, 6.07) is 1.62. The topological polar surface area (TPSA) is 15.3 Å². The van der Waals surface area contributed by atoms with Crippen molar-refractivity contribution in [1.29, 1.82) is 0 Å². The average Bonchev–Trinajstić information content (AvgIpc) is 2.57. The molecule has 1 N–H and O–H groups in total. The van der Waals surface area contributed by atoms with Gasteiger partial charge in [-0.15, -0.1) is 0 Å². The third kappa shape index (κ3) is 2.94. The van der Waals surface area contributed by atoms with Crippen molar-refractivity contribution in [1.82, 2.24) is 10.2 Å². The second kappa shape index (κ2) is 5.86. The average molecular weight is 210 g/mol. The van der Waals surface area contributed by atoms with E-state index in [4.69, 9.17) is 0 Å². The molecule has 0 spiro atoms. The molecule has 0 aliphatic carbocycles. The summed E-state index contributed by atoms with van der Waals surface area (Å²) in [5, 5.41) is 3.77. The van der Waals surface area contributed by atoms with Crippen LogP contribution in [-0.2, 0) is 0 Å². The second-order valence-electron chi connectivity index (χ2n) is 5.10. The van der Waals surface area contributed by atoms with Crippen LogP contribution in [0.2, 0.25) is 0 Å². The molecule has 2 atom stereocenters. The molecule has 2 aliphatic heterocycles. The van der Waals surface area contributed by atoms with Gasteiger partial charge in [0.25, 0.3) is 0 Å². The first-order chi connectivity index (χ1) is 7.42. The van der Waals surface area contributed by atoms with Crippen molar-refractivity contribution >= 4 is 0 Å². The van der Waals surface area contributed by atoms with Gasteiger partial charge in [0.05, 0.1) is 0 Å². The molecule has 0 unspecified atom stereocenters. The highest BCUT2D eigenvalue weighted by Crippen LogP contribution is 2.23. The number of piperidine rings is 1. The van der Waals surface area contributed by atoms with Gasteiger partial charge < -0.3 is 5.32 Å². The fourth-order valence-corrected chi connectivity index (χ4v) is 3.25. The summed E-state index contributed by atoms with van der Waals surface area (Å²) in [5.41, 5.74) is 0. The van der Waals surface area contributed by atoms with Gasteiger partial charge in [-0.05, 0) is 45.3 Å². The molecule has 0 aromatic carbocycles. The summed E-state index contributed by atoms with van der Waals surface area (Å²) >= 11 is 0. The number of hydrogen-bond donors (Lipinski definition) is 1. The molecule has 15 heavy (non-hydrogen) atoms. The molecule has 0 aromatic heterocycles. The Labute approximate surface area is 94.4 Å². The first-order valence-corrected chi connectivity index (χ1v) is 6.89. The van der Waals surface area contributed by atoms with Crippen molar-refractivity contribution < 1.29 is 0 Å². The molecule has 2 rings (SSSR count). The minimum absolute atomic E-state index is 0.785. The van der Waals surface area contributed by atoms with Crippen LogP contribution in [0.5, 0.6) is 0 Å². The van der Waals surface area contributed by atoms with Crippen molar-refractivity contribution in [2.45, 2.75) is 64.0 Å². The van der Waals surface area contributed by atoms with Crippen LogP contribution >= 0.6 is 0 Å². The first-order valence-electron chi connectivity index (χ1n) is 6.89. The Balaban J connectivity index is 1.92. The number of likely N-dealkylation sites (N-methyl/N-ethyl adjacent to an activating group) is 1. The molecule has 88 valence electrons. The van der Waals surface area contributed by atoms with Crippen LogP contribution in [0, 0.1) is 0 Å². The second-order valence-corrected chi connectivity index (χ2v) is 5.10. The number of rotatable bonds is 2. The smallest absolute Gasteiger partial charge is 0.0249 e. The Morgan fingerprint density at radius 3 is 2.80 bits per heavy atom. The highest BCUT2D eigenvalue weighted by atomic mass is 15.2. The number of nitrogens with zero attached hydrogens (tertiary/aromatic N) is 1. The van der Waals surface area contributed by atoms with Gasteiger partial charge in [-0.2, -0.15) is 0 Å². The van der Waals surface area contributed by atoms with E-state index in [2.05, 4.69) is 17.1 Å². The van der Waals surface area contributed by atoms with Gasteiger partial charge in [0.15, 0.2) is 0 Å². The number of nitrogens with one attached hydrogen (secondary N) is 1. The third-order valence-electron chi connectivity index (χ3n) is 4.13. The molecule has 2 heterocycles. The zero-order valence-electron chi connectivity index (χ0n) is 10.2. The largest absolute Gasteiger partial charge is 0.312 e. The Hall–Kier alpha value is -0.0800. The highest BCUT2D eigenvalue weighted by molar-refractivity contribution is 4.88. The van der Waals surface area contributed by atoms with E-state index in [0.717, 1.165) is 12.1 Å². The normalized spacial score (nSPS) is 35.0. The molecule has 0 bridgehead atoms. The highest BCUT2D eigenvalue weighted by Gasteiger charge is 2.28. The van der Waals surface area contributed by atoms with Gasteiger partial charge >= 0.3 is 0 Å². The van der Waals surface area contributed by atoms with E-state index < -0.39 is 0 Å². The molecule has 0 aromatic rings. The minimum atomic E-state index is 0.785. The van der Waals surface area contributed by atoms with E-state index >= 15 is 0 Å². The van der Waals surface area contributed by atoms with Crippen molar-refractivity contribution in [2.75, 3.05) is 19.6 Å². The lowest BCUT2D eigenvalue weighted by atomic mass is 9.93. The van der Waals surface area contributed by atoms with Crippen LogP contribution in [0.15, 0.2) is 0 Å². The van der Waals surface area contributed by atoms with E-state index in [1.54, 1.807) is 0 Å². The Morgan fingerprint density at radius 1 is 1.07 bits per heavy atom. The molecule has 2 saturated heterocycles. The molecular formula is C13H26N2. The third-order valence-corrected chi connectivity index (χ3v) is 4.13. The van der Waals surface area contributed by atoms with Gasteiger partial charge in [0, 0.05) is 12.1 Å². The van der Waals surface area contributed by atoms with E-state index in [-0.39, 0.29) is 0 Å². The number of likely N-dealkylation sites (tertiary alicyclic amines) is 1. The zero-order chi connectivity index (χ0) is 10.5. The molecule has 2 aliphatic rings. The maximum atomic E-state index is 3.77. The molecule has 0 amide bonds. The Kier molecular flexibility index (Phi) is 4.45. The van der Waals surface area contributed by atoms with Gasteiger partial charge in [-0.1, -0.05) is 26.2 Å². The quantitative estimate of drug-likeness (QED) is 0.753.